The van der Waals surface area contributed by atoms with Crippen LogP contribution in [0.2, 0.25) is 0 Å². The third kappa shape index (κ3) is 3.25. The summed E-state index contributed by atoms with van der Waals surface area (Å²) < 4.78 is 0. The Morgan fingerprint density at radius 2 is 1.89 bits per heavy atom. The molecule has 0 aromatic heterocycles. The van der Waals surface area contributed by atoms with E-state index in [9.17, 15) is 4.79 Å². The fourth-order valence-corrected chi connectivity index (χ4v) is 3.69. The van der Waals surface area contributed by atoms with Crippen molar-refractivity contribution in [1.29, 1.82) is 0 Å². The first-order chi connectivity index (χ1) is 8.58. The molecule has 0 heterocycles. The molecular weight excluding hydrogens is 224 g/mol. The van der Waals surface area contributed by atoms with Crippen molar-refractivity contribution < 1.29 is 4.79 Å². The zero-order valence-corrected chi connectivity index (χ0v) is 11.8. The predicted molar refractivity (Wildman–Crippen MR) is 74.0 cm³/mol. The fraction of sp³-hybridized carbons (Fsp3) is 0.933. The SMILES string of the molecule is CC(C)C1CCCCC1NC(=O)C1CCC(N)C1. The molecule has 2 aliphatic carbocycles. The lowest BCUT2D eigenvalue weighted by Gasteiger charge is -2.35. The van der Waals surface area contributed by atoms with Crippen LogP contribution in [0.3, 0.4) is 0 Å². The minimum absolute atomic E-state index is 0.176. The number of nitrogens with one attached hydrogen (secondary N) is 1. The molecule has 0 radical (unpaired) electrons. The van der Waals surface area contributed by atoms with Crippen LogP contribution in [0.5, 0.6) is 0 Å². The second-order valence-corrected chi connectivity index (χ2v) is 6.58. The van der Waals surface area contributed by atoms with Gasteiger partial charge in [-0.3, -0.25) is 4.79 Å². The van der Waals surface area contributed by atoms with E-state index in [0.717, 1.165) is 25.7 Å². The highest BCUT2D eigenvalue weighted by molar-refractivity contribution is 5.79. The van der Waals surface area contributed by atoms with Crippen LogP contribution >= 0.6 is 0 Å². The van der Waals surface area contributed by atoms with Gasteiger partial charge in [0.2, 0.25) is 5.91 Å². The van der Waals surface area contributed by atoms with E-state index in [4.69, 9.17) is 5.73 Å². The van der Waals surface area contributed by atoms with Crippen molar-refractivity contribution in [2.24, 2.45) is 23.5 Å². The Kier molecular flexibility index (Phi) is 4.66. The van der Waals surface area contributed by atoms with E-state index in [1.54, 1.807) is 0 Å². The number of amides is 1. The maximum absolute atomic E-state index is 12.3. The van der Waals surface area contributed by atoms with Crippen LogP contribution in [0, 0.1) is 17.8 Å². The molecule has 2 aliphatic rings. The zero-order valence-electron chi connectivity index (χ0n) is 11.8. The standard InChI is InChI=1S/C15H28N2O/c1-10(2)13-5-3-4-6-14(13)17-15(18)11-7-8-12(16)9-11/h10-14H,3-9,16H2,1-2H3,(H,17,18). The molecule has 104 valence electrons. The van der Waals surface area contributed by atoms with Gasteiger partial charge in [-0.25, -0.2) is 0 Å². The molecular formula is C15H28N2O. The zero-order chi connectivity index (χ0) is 13.1. The van der Waals surface area contributed by atoms with Gasteiger partial charge in [-0.2, -0.15) is 0 Å². The largest absolute Gasteiger partial charge is 0.353 e. The third-order valence-electron chi connectivity index (χ3n) is 4.85. The van der Waals surface area contributed by atoms with Crippen molar-refractivity contribution >= 4 is 5.91 Å². The number of hydrogen-bond donors (Lipinski definition) is 2. The number of carbonyl (C=O) groups is 1. The summed E-state index contributed by atoms with van der Waals surface area (Å²) in [7, 11) is 0. The average molecular weight is 252 g/mol. The quantitative estimate of drug-likeness (QED) is 0.810. The van der Waals surface area contributed by atoms with Gasteiger partial charge in [0.15, 0.2) is 0 Å². The van der Waals surface area contributed by atoms with E-state index in [2.05, 4.69) is 19.2 Å². The molecule has 18 heavy (non-hydrogen) atoms. The summed E-state index contributed by atoms with van der Waals surface area (Å²) >= 11 is 0. The highest BCUT2D eigenvalue weighted by Crippen LogP contribution is 2.31. The van der Waals surface area contributed by atoms with Gasteiger partial charge in [0.05, 0.1) is 0 Å². The minimum Gasteiger partial charge on any atom is -0.353 e. The summed E-state index contributed by atoms with van der Waals surface area (Å²) in [6.07, 6.45) is 7.88. The maximum atomic E-state index is 12.3. The smallest absolute Gasteiger partial charge is 0.223 e. The van der Waals surface area contributed by atoms with Gasteiger partial charge in [0.25, 0.3) is 0 Å². The van der Waals surface area contributed by atoms with Crippen molar-refractivity contribution in [2.45, 2.75) is 70.9 Å². The summed E-state index contributed by atoms with van der Waals surface area (Å²) in [6.45, 7) is 4.56. The molecule has 0 bridgehead atoms. The van der Waals surface area contributed by atoms with Crippen molar-refractivity contribution in [2.75, 3.05) is 0 Å². The molecule has 2 saturated carbocycles. The maximum Gasteiger partial charge on any atom is 0.223 e. The lowest BCUT2D eigenvalue weighted by atomic mass is 9.77. The molecule has 4 atom stereocenters. The first-order valence-corrected chi connectivity index (χ1v) is 7.64. The van der Waals surface area contributed by atoms with E-state index < -0.39 is 0 Å². The van der Waals surface area contributed by atoms with Crippen LogP contribution in [0.15, 0.2) is 0 Å². The van der Waals surface area contributed by atoms with Gasteiger partial charge in [-0.05, 0) is 43.9 Å². The van der Waals surface area contributed by atoms with Crippen LogP contribution in [-0.2, 0) is 4.79 Å². The molecule has 3 nitrogen and oxygen atoms in total. The van der Waals surface area contributed by atoms with Crippen molar-refractivity contribution in [3.63, 3.8) is 0 Å². The van der Waals surface area contributed by atoms with E-state index in [1.807, 2.05) is 0 Å². The monoisotopic (exact) mass is 252 g/mol. The molecule has 3 heteroatoms. The summed E-state index contributed by atoms with van der Waals surface area (Å²) in [5.74, 6) is 1.77. The molecule has 0 spiro atoms. The van der Waals surface area contributed by atoms with Gasteiger partial charge in [-0.1, -0.05) is 26.7 Å². The highest BCUT2D eigenvalue weighted by Gasteiger charge is 2.33. The van der Waals surface area contributed by atoms with Crippen LogP contribution in [0.25, 0.3) is 0 Å². The van der Waals surface area contributed by atoms with Crippen molar-refractivity contribution in [3.8, 4) is 0 Å². The van der Waals surface area contributed by atoms with Crippen LogP contribution in [0.4, 0.5) is 0 Å². The van der Waals surface area contributed by atoms with Gasteiger partial charge >= 0.3 is 0 Å². The second-order valence-electron chi connectivity index (χ2n) is 6.58. The van der Waals surface area contributed by atoms with Gasteiger partial charge in [0, 0.05) is 18.0 Å². The molecule has 1 amide bonds. The Hall–Kier alpha value is -0.570. The predicted octanol–water partition coefficient (Wildman–Crippen LogP) is 2.44. The van der Waals surface area contributed by atoms with Crippen LogP contribution in [-0.4, -0.2) is 18.0 Å². The first-order valence-electron chi connectivity index (χ1n) is 7.64. The molecule has 0 aromatic rings. The van der Waals surface area contributed by atoms with Crippen molar-refractivity contribution in [3.05, 3.63) is 0 Å². The van der Waals surface area contributed by atoms with Crippen LogP contribution < -0.4 is 11.1 Å². The molecule has 4 unspecified atom stereocenters. The Morgan fingerprint density at radius 1 is 1.17 bits per heavy atom. The molecule has 2 rings (SSSR count). The second kappa shape index (κ2) is 6.05. The van der Waals surface area contributed by atoms with Gasteiger partial charge in [-0.15, -0.1) is 0 Å². The molecule has 2 fully saturated rings. The summed E-state index contributed by atoms with van der Waals surface area (Å²) in [5, 5.41) is 3.32. The fourth-order valence-electron chi connectivity index (χ4n) is 3.69. The van der Waals surface area contributed by atoms with Gasteiger partial charge in [0.1, 0.15) is 0 Å². The lowest BCUT2D eigenvalue weighted by molar-refractivity contribution is -0.126. The first kappa shape index (κ1) is 13.9. The lowest BCUT2D eigenvalue weighted by Crippen LogP contribution is -2.46. The molecule has 3 N–H and O–H groups in total. The van der Waals surface area contributed by atoms with Gasteiger partial charge < -0.3 is 11.1 Å². The average Bonchev–Trinajstić information content (AvgIpc) is 2.76. The number of hydrogen-bond acceptors (Lipinski definition) is 2. The van der Waals surface area contributed by atoms with Crippen molar-refractivity contribution in [1.82, 2.24) is 5.32 Å². The normalized spacial score (nSPS) is 36.9. The molecule has 0 aliphatic heterocycles. The summed E-state index contributed by atoms with van der Waals surface area (Å²) in [5.41, 5.74) is 5.89. The third-order valence-corrected chi connectivity index (χ3v) is 4.85. The van der Waals surface area contributed by atoms with E-state index in [1.165, 1.54) is 19.3 Å². The number of carbonyl (C=O) groups excluding carboxylic acids is 1. The summed E-state index contributed by atoms with van der Waals surface area (Å²) in [4.78, 5) is 12.3. The Bertz CT molecular complexity index is 290. The number of rotatable bonds is 3. The topological polar surface area (TPSA) is 55.1 Å². The Morgan fingerprint density at radius 3 is 2.50 bits per heavy atom. The van der Waals surface area contributed by atoms with Crippen LogP contribution in [0.1, 0.15) is 58.8 Å². The Labute approximate surface area is 111 Å². The minimum atomic E-state index is 0.176. The molecule has 0 aromatic carbocycles. The Balaban J connectivity index is 1.88. The van der Waals surface area contributed by atoms with E-state index in [0.29, 0.717) is 17.9 Å². The number of nitrogens with two attached hydrogens (primary N) is 1. The van der Waals surface area contributed by atoms with E-state index in [-0.39, 0.29) is 17.9 Å². The highest BCUT2D eigenvalue weighted by atomic mass is 16.1. The molecule has 0 saturated heterocycles. The summed E-state index contributed by atoms with van der Waals surface area (Å²) in [6, 6.07) is 0.649. The van der Waals surface area contributed by atoms with E-state index >= 15 is 0 Å².